The molecule has 0 spiro atoms. The summed E-state index contributed by atoms with van der Waals surface area (Å²) in [6.07, 6.45) is 6.88. The highest BCUT2D eigenvalue weighted by molar-refractivity contribution is 9.10. The number of halogens is 2. The predicted molar refractivity (Wildman–Crippen MR) is 69.1 cm³/mol. The summed E-state index contributed by atoms with van der Waals surface area (Å²) in [5.74, 6) is 1.67. The van der Waals surface area contributed by atoms with Crippen LogP contribution in [0.1, 0.15) is 30.1 Å². The summed E-state index contributed by atoms with van der Waals surface area (Å²) >= 11 is 3.13. The third-order valence-electron chi connectivity index (χ3n) is 2.21. The van der Waals surface area contributed by atoms with Crippen LogP contribution >= 0.6 is 15.9 Å². The third-order valence-corrected chi connectivity index (χ3v) is 2.67. The maximum atomic E-state index is 13.1. The SMILES string of the molecule is C#CC(CCC)NC(=O)c1cc(F)cc(Br)c1. The van der Waals surface area contributed by atoms with E-state index in [2.05, 4.69) is 27.2 Å². The topological polar surface area (TPSA) is 29.1 Å². The van der Waals surface area contributed by atoms with E-state index in [4.69, 9.17) is 6.42 Å². The summed E-state index contributed by atoms with van der Waals surface area (Å²) in [6, 6.07) is 3.72. The van der Waals surface area contributed by atoms with Gasteiger partial charge in [0.15, 0.2) is 0 Å². The maximum Gasteiger partial charge on any atom is 0.252 e. The molecular weight excluding hydrogens is 285 g/mol. The van der Waals surface area contributed by atoms with Gasteiger partial charge in [0.1, 0.15) is 5.82 Å². The first-order valence-electron chi connectivity index (χ1n) is 5.30. The van der Waals surface area contributed by atoms with Crippen molar-refractivity contribution in [3.63, 3.8) is 0 Å². The zero-order valence-corrected chi connectivity index (χ0v) is 11.1. The average Bonchev–Trinajstić information content (AvgIpc) is 2.27. The molecule has 90 valence electrons. The minimum atomic E-state index is -0.461. The molecule has 1 N–H and O–H groups in total. The van der Waals surface area contributed by atoms with Gasteiger partial charge in [-0.25, -0.2) is 4.39 Å². The smallest absolute Gasteiger partial charge is 0.252 e. The molecule has 0 bridgehead atoms. The van der Waals surface area contributed by atoms with E-state index in [-0.39, 0.29) is 17.5 Å². The molecule has 0 aromatic heterocycles. The van der Waals surface area contributed by atoms with Crippen molar-refractivity contribution in [2.45, 2.75) is 25.8 Å². The first kappa shape index (κ1) is 13.7. The van der Waals surface area contributed by atoms with Crippen molar-refractivity contribution >= 4 is 21.8 Å². The Balaban J connectivity index is 2.79. The van der Waals surface area contributed by atoms with E-state index in [0.717, 1.165) is 6.42 Å². The fourth-order valence-electron chi connectivity index (χ4n) is 1.41. The second-order valence-electron chi connectivity index (χ2n) is 3.64. The lowest BCUT2D eigenvalue weighted by molar-refractivity contribution is 0.0943. The molecule has 1 aromatic carbocycles. The molecule has 1 atom stereocenters. The highest BCUT2D eigenvalue weighted by atomic mass is 79.9. The minimum absolute atomic E-state index is 0.258. The normalized spacial score (nSPS) is 11.6. The zero-order chi connectivity index (χ0) is 12.8. The van der Waals surface area contributed by atoms with Gasteiger partial charge in [0.2, 0.25) is 0 Å². The summed E-state index contributed by atoms with van der Waals surface area (Å²) in [5, 5.41) is 2.68. The van der Waals surface area contributed by atoms with E-state index < -0.39 is 5.82 Å². The second-order valence-corrected chi connectivity index (χ2v) is 4.56. The molecule has 0 saturated heterocycles. The van der Waals surface area contributed by atoms with Crippen molar-refractivity contribution in [2.24, 2.45) is 0 Å². The molecule has 17 heavy (non-hydrogen) atoms. The van der Waals surface area contributed by atoms with Gasteiger partial charge in [-0.15, -0.1) is 6.42 Å². The average molecular weight is 298 g/mol. The molecule has 0 aliphatic heterocycles. The molecule has 0 fully saturated rings. The number of amides is 1. The lowest BCUT2D eigenvalue weighted by atomic mass is 10.1. The van der Waals surface area contributed by atoms with Gasteiger partial charge in [-0.05, 0) is 24.6 Å². The fourth-order valence-corrected chi connectivity index (χ4v) is 1.88. The lowest BCUT2D eigenvalue weighted by Gasteiger charge is -2.12. The molecule has 2 nitrogen and oxygen atoms in total. The van der Waals surface area contributed by atoms with Gasteiger partial charge in [0.05, 0.1) is 6.04 Å². The monoisotopic (exact) mass is 297 g/mol. The second kappa shape index (κ2) is 6.41. The van der Waals surface area contributed by atoms with Crippen molar-refractivity contribution in [3.8, 4) is 12.3 Å². The van der Waals surface area contributed by atoms with E-state index >= 15 is 0 Å². The molecule has 0 aliphatic carbocycles. The number of hydrogen-bond acceptors (Lipinski definition) is 1. The van der Waals surface area contributed by atoms with Crippen LogP contribution in [0.5, 0.6) is 0 Å². The van der Waals surface area contributed by atoms with Crippen LogP contribution in [-0.4, -0.2) is 11.9 Å². The molecule has 0 heterocycles. The maximum absolute atomic E-state index is 13.1. The van der Waals surface area contributed by atoms with Gasteiger partial charge in [0.25, 0.3) is 5.91 Å². The van der Waals surface area contributed by atoms with E-state index in [1.807, 2.05) is 6.92 Å². The van der Waals surface area contributed by atoms with E-state index in [1.54, 1.807) is 6.07 Å². The number of terminal acetylenes is 1. The van der Waals surface area contributed by atoms with Crippen molar-refractivity contribution < 1.29 is 9.18 Å². The summed E-state index contributed by atoms with van der Waals surface area (Å²) in [5.41, 5.74) is 0.258. The summed E-state index contributed by atoms with van der Waals surface area (Å²) < 4.78 is 13.6. The van der Waals surface area contributed by atoms with Crippen LogP contribution in [0.3, 0.4) is 0 Å². The molecule has 0 radical (unpaired) electrons. The molecule has 0 saturated carbocycles. The molecule has 1 rings (SSSR count). The van der Waals surface area contributed by atoms with Crippen LogP contribution in [0.25, 0.3) is 0 Å². The van der Waals surface area contributed by atoms with Gasteiger partial charge in [-0.3, -0.25) is 4.79 Å². The standard InChI is InChI=1S/C13H13BrFNO/c1-3-5-12(4-2)16-13(17)9-6-10(14)8-11(15)7-9/h2,6-8,12H,3,5H2,1H3,(H,16,17). The summed E-state index contributed by atoms with van der Waals surface area (Å²) in [7, 11) is 0. The highest BCUT2D eigenvalue weighted by Gasteiger charge is 2.12. The van der Waals surface area contributed by atoms with Gasteiger partial charge in [0, 0.05) is 10.0 Å². The van der Waals surface area contributed by atoms with Crippen molar-refractivity contribution in [3.05, 3.63) is 34.1 Å². The van der Waals surface area contributed by atoms with Crippen LogP contribution in [0.15, 0.2) is 22.7 Å². The Labute approximate surface area is 109 Å². The third kappa shape index (κ3) is 4.20. The molecule has 1 aromatic rings. The zero-order valence-electron chi connectivity index (χ0n) is 9.47. The van der Waals surface area contributed by atoms with Crippen molar-refractivity contribution in [2.75, 3.05) is 0 Å². The Morgan fingerprint density at radius 3 is 2.82 bits per heavy atom. The highest BCUT2D eigenvalue weighted by Crippen LogP contribution is 2.15. The Bertz CT molecular complexity index is 433. The summed E-state index contributed by atoms with van der Waals surface area (Å²) in [6.45, 7) is 1.98. The number of carbonyl (C=O) groups excluding carboxylic acids is 1. The summed E-state index contributed by atoms with van der Waals surface area (Å²) in [4.78, 5) is 11.8. The number of hydrogen-bond donors (Lipinski definition) is 1. The Kier molecular flexibility index (Phi) is 5.17. The number of benzene rings is 1. The van der Waals surface area contributed by atoms with Crippen LogP contribution in [-0.2, 0) is 0 Å². The van der Waals surface area contributed by atoms with E-state index in [1.165, 1.54) is 12.1 Å². The first-order chi connectivity index (χ1) is 8.06. The number of nitrogens with one attached hydrogen (secondary N) is 1. The molecule has 1 amide bonds. The lowest BCUT2D eigenvalue weighted by Crippen LogP contribution is -2.33. The molecule has 1 unspecified atom stereocenters. The Morgan fingerprint density at radius 2 is 2.29 bits per heavy atom. The van der Waals surface area contributed by atoms with E-state index in [0.29, 0.717) is 10.9 Å². The fraction of sp³-hybridized carbons (Fsp3) is 0.308. The van der Waals surface area contributed by atoms with Gasteiger partial charge < -0.3 is 5.32 Å². The Hall–Kier alpha value is -1.34. The van der Waals surface area contributed by atoms with Crippen molar-refractivity contribution in [1.82, 2.24) is 5.32 Å². The minimum Gasteiger partial charge on any atom is -0.338 e. The van der Waals surface area contributed by atoms with Crippen LogP contribution in [0.2, 0.25) is 0 Å². The number of rotatable bonds is 4. The number of carbonyl (C=O) groups is 1. The van der Waals surface area contributed by atoms with Gasteiger partial charge in [-0.1, -0.05) is 35.2 Å². The van der Waals surface area contributed by atoms with Crippen LogP contribution in [0.4, 0.5) is 4.39 Å². The van der Waals surface area contributed by atoms with Crippen LogP contribution in [0, 0.1) is 18.2 Å². The molecule has 0 aliphatic rings. The first-order valence-corrected chi connectivity index (χ1v) is 6.09. The van der Waals surface area contributed by atoms with E-state index in [9.17, 15) is 9.18 Å². The van der Waals surface area contributed by atoms with Crippen LogP contribution < -0.4 is 5.32 Å². The molecular formula is C13H13BrFNO. The largest absolute Gasteiger partial charge is 0.338 e. The molecule has 4 heteroatoms. The van der Waals surface area contributed by atoms with Gasteiger partial charge >= 0.3 is 0 Å². The van der Waals surface area contributed by atoms with Gasteiger partial charge in [-0.2, -0.15) is 0 Å². The Morgan fingerprint density at radius 1 is 1.59 bits per heavy atom. The van der Waals surface area contributed by atoms with Crippen molar-refractivity contribution in [1.29, 1.82) is 0 Å². The quantitative estimate of drug-likeness (QED) is 0.850. The predicted octanol–water partition coefficient (Wildman–Crippen LogP) is 3.12.